The van der Waals surface area contributed by atoms with Gasteiger partial charge in [-0.3, -0.25) is 0 Å². The molecule has 0 saturated heterocycles. The molecule has 1 amide bonds. The summed E-state index contributed by atoms with van der Waals surface area (Å²) in [5.74, 6) is 0.524. The summed E-state index contributed by atoms with van der Waals surface area (Å²) in [6, 6.07) is 8.91. The topological polar surface area (TPSA) is 49.8 Å². The number of para-hydroxylation sites is 1. The van der Waals surface area contributed by atoms with Gasteiger partial charge in [0.15, 0.2) is 0 Å². The van der Waals surface area contributed by atoms with Crippen molar-refractivity contribution < 1.29 is 14.6 Å². The van der Waals surface area contributed by atoms with Crippen molar-refractivity contribution in [2.75, 3.05) is 13.6 Å². The third-order valence-electron chi connectivity index (χ3n) is 2.14. The van der Waals surface area contributed by atoms with E-state index in [1.54, 1.807) is 38.2 Å². The lowest BCUT2D eigenvalue weighted by Crippen LogP contribution is -2.31. The molecule has 1 atom stereocenters. The fraction of sp³-hybridized carbons (Fsp3) is 0.417. The van der Waals surface area contributed by atoms with E-state index in [9.17, 15) is 4.79 Å². The van der Waals surface area contributed by atoms with Gasteiger partial charge in [0.25, 0.3) is 0 Å². The van der Waals surface area contributed by atoms with Gasteiger partial charge in [-0.25, -0.2) is 4.79 Å². The lowest BCUT2D eigenvalue weighted by molar-refractivity contribution is 0.142. The lowest BCUT2D eigenvalue weighted by atomic mass is 10.3. The average molecular weight is 223 g/mol. The van der Waals surface area contributed by atoms with E-state index in [2.05, 4.69) is 0 Å². The molecular formula is C12H17NO3. The fourth-order valence-corrected chi connectivity index (χ4v) is 1.14. The molecule has 0 aromatic heterocycles. The van der Waals surface area contributed by atoms with E-state index < -0.39 is 12.2 Å². The van der Waals surface area contributed by atoms with Gasteiger partial charge in [-0.05, 0) is 25.5 Å². The number of ether oxygens (including phenoxy) is 1. The molecule has 1 aromatic rings. The smallest absolute Gasteiger partial charge is 0.410 e. The number of carbonyl (C=O) groups excluding carboxylic acids is 1. The van der Waals surface area contributed by atoms with E-state index in [0.717, 1.165) is 0 Å². The van der Waals surface area contributed by atoms with Crippen LogP contribution in [0.5, 0.6) is 5.75 Å². The van der Waals surface area contributed by atoms with Crippen molar-refractivity contribution in [2.45, 2.75) is 19.4 Å². The third-order valence-corrected chi connectivity index (χ3v) is 2.14. The molecule has 0 fully saturated rings. The van der Waals surface area contributed by atoms with Crippen LogP contribution in [0.4, 0.5) is 4.79 Å². The average Bonchev–Trinajstić information content (AvgIpc) is 2.27. The van der Waals surface area contributed by atoms with Crippen LogP contribution in [0.2, 0.25) is 0 Å². The summed E-state index contributed by atoms with van der Waals surface area (Å²) in [5.41, 5.74) is 0. The van der Waals surface area contributed by atoms with Gasteiger partial charge in [0.2, 0.25) is 0 Å². The quantitative estimate of drug-likeness (QED) is 0.848. The summed E-state index contributed by atoms with van der Waals surface area (Å²) >= 11 is 0. The Balaban J connectivity index is 2.40. The maximum Gasteiger partial charge on any atom is 0.414 e. The maximum atomic E-state index is 11.5. The molecule has 1 unspecified atom stereocenters. The zero-order valence-electron chi connectivity index (χ0n) is 9.59. The summed E-state index contributed by atoms with van der Waals surface area (Å²) in [6.45, 7) is 2.17. The first-order chi connectivity index (χ1) is 7.59. The second-order valence-electron chi connectivity index (χ2n) is 3.74. The number of aliphatic hydroxyl groups is 1. The number of aliphatic hydroxyl groups excluding tert-OH is 1. The summed E-state index contributed by atoms with van der Waals surface area (Å²) in [6.07, 6.45) is -0.278. The number of rotatable bonds is 4. The molecule has 4 nitrogen and oxygen atoms in total. The summed E-state index contributed by atoms with van der Waals surface area (Å²) < 4.78 is 5.11. The monoisotopic (exact) mass is 223 g/mol. The Bertz CT molecular complexity index is 324. The minimum Gasteiger partial charge on any atom is -0.410 e. The predicted octanol–water partition coefficient (Wildman–Crippen LogP) is 1.89. The van der Waals surface area contributed by atoms with Crippen LogP contribution in [-0.4, -0.2) is 35.8 Å². The Kier molecular flexibility index (Phi) is 4.79. The molecule has 1 aromatic carbocycles. The third kappa shape index (κ3) is 4.31. The minimum atomic E-state index is -0.410. The van der Waals surface area contributed by atoms with Gasteiger partial charge in [0.1, 0.15) is 5.75 Å². The lowest BCUT2D eigenvalue weighted by Gasteiger charge is -2.17. The highest BCUT2D eigenvalue weighted by Gasteiger charge is 2.11. The van der Waals surface area contributed by atoms with Crippen molar-refractivity contribution in [3.8, 4) is 5.75 Å². The van der Waals surface area contributed by atoms with E-state index >= 15 is 0 Å². The van der Waals surface area contributed by atoms with Gasteiger partial charge in [0, 0.05) is 13.6 Å². The van der Waals surface area contributed by atoms with E-state index in [0.29, 0.717) is 18.7 Å². The van der Waals surface area contributed by atoms with Crippen LogP contribution in [0.15, 0.2) is 30.3 Å². The van der Waals surface area contributed by atoms with Crippen LogP contribution < -0.4 is 4.74 Å². The van der Waals surface area contributed by atoms with Gasteiger partial charge in [0.05, 0.1) is 6.10 Å². The molecule has 0 aliphatic rings. The Morgan fingerprint density at radius 2 is 2.06 bits per heavy atom. The van der Waals surface area contributed by atoms with Gasteiger partial charge in [-0.15, -0.1) is 0 Å². The van der Waals surface area contributed by atoms with Gasteiger partial charge < -0.3 is 14.7 Å². The highest BCUT2D eigenvalue weighted by molar-refractivity contribution is 5.70. The zero-order valence-corrected chi connectivity index (χ0v) is 9.59. The van der Waals surface area contributed by atoms with Crippen molar-refractivity contribution in [1.82, 2.24) is 4.90 Å². The highest BCUT2D eigenvalue weighted by atomic mass is 16.6. The highest BCUT2D eigenvalue weighted by Crippen LogP contribution is 2.09. The van der Waals surface area contributed by atoms with E-state index in [1.165, 1.54) is 4.90 Å². The molecule has 0 saturated carbocycles. The van der Waals surface area contributed by atoms with E-state index in [-0.39, 0.29) is 0 Å². The zero-order chi connectivity index (χ0) is 12.0. The Labute approximate surface area is 95.5 Å². The van der Waals surface area contributed by atoms with Crippen molar-refractivity contribution in [1.29, 1.82) is 0 Å². The molecule has 0 aliphatic heterocycles. The second-order valence-corrected chi connectivity index (χ2v) is 3.74. The van der Waals surface area contributed by atoms with Crippen LogP contribution >= 0.6 is 0 Å². The molecule has 0 bridgehead atoms. The van der Waals surface area contributed by atoms with Crippen LogP contribution in [0, 0.1) is 0 Å². The number of hydrogen-bond donors (Lipinski definition) is 1. The number of amides is 1. The molecule has 0 heterocycles. The molecule has 0 spiro atoms. The summed E-state index contributed by atoms with van der Waals surface area (Å²) in [5, 5.41) is 9.09. The summed E-state index contributed by atoms with van der Waals surface area (Å²) in [4.78, 5) is 13.0. The first kappa shape index (κ1) is 12.5. The van der Waals surface area contributed by atoms with Gasteiger partial charge in [-0.2, -0.15) is 0 Å². The SMILES string of the molecule is CC(O)CCN(C)C(=O)Oc1ccccc1. The van der Waals surface area contributed by atoms with Crippen molar-refractivity contribution in [3.05, 3.63) is 30.3 Å². The van der Waals surface area contributed by atoms with E-state index in [4.69, 9.17) is 9.84 Å². The number of carbonyl (C=O) groups is 1. The molecule has 88 valence electrons. The van der Waals surface area contributed by atoms with Crippen LogP contribution in [0.1, 0.15) is 13.3 Å². The van der Waals surface area contributed by atoms with Gasteiger partial charge >= 0.3 is 6.09 Å². The Morgan fingerprint density at radius 1 is 1.44 bits per heavy atom. The molecule has 0 radical (unpaired) electrons. The Morgan fingerprint density at radius 3 is 2.62 bits per heavy atom. The van der Waals surface area contributed by atoms with Crippen molar-refractivity contribution >= 4 is 6.09 Å². The molecule has 1 N–H and O–H groups in total. The molecule has 0 aliphatic carbocycles. The van der Waals surface area contributed by atoms with Gasteiger partial charge in [-0.1, -0.05) is 18.2 Å². The largest absolute Gasteiger partial charge is 0.414 e. The summed E-state index contributed by atoms with van der Waals surface area (Å²) in [7, 11) is 1.65. The van der Waals surface area contributed by atoms with Crippen molar-refractivity contribution in [2.24, 2.45) is 0 Å². The van der Waals surface area contributed by atoms with Crippen LogP contribution in [0.3, 0.4) is 0 Å². The second kappa shape index (κ2) is 6.12. The predicted molar refractivity (Wildman–Crippen MR) is 61.4 cm³/mol. The number of hydrogen-bond acceptors (Lipinski definition) is 3. The molecule has 1 rings (SSSR count). The van der Waals surface area contributed by atoms with E-state index in [1.807, 2.05) is 6.07 Å². The molecule has 16 heavy (non-hydrogen) atoms. The standard InChI is InChI=1S/C12H17NO3/c1-10(14)8-9-13(2)12(15)16-11-6-4-3-5-7-11/h3-7,10,14H,8-9H2,1-2H3. The Hall–Kier alpha value is -1.55. The van der Waals surface area contributed by atoms with Crippen molar-refractivity contribution in [3.63, 3.8) is 0 Å². The normalized spacial score (nSPS) is 11.9. The maximum absolute atomic E-state index is 11.5. The minimum absolute atomic E-state index is 0.410. The number of benzene rings is 1. The first-order valence-corrected chi connectivity index (χ1v) is 5.25. The molecular weight excluding hydrogens is 206 g/mol. The fourth-order valence-electron chi connectivity index (χ4n) is 1.14. The first-order valence-electron chi connectivity index (χ1n) is 5.25. The number of nitrogens with zero attached hydrogens (tertiary/aromatic N) is 1. The van der Waals surface area contributed by atoms with Crippen LogP contribution in [-0.2, 0) is 0 Å². The molecule has 4 heteroatoms. The van der Waals surface area contributed by atoms with Crippen LogP contribution in [0.25, 0.3) is 0 Å².